The van der Waals surface area contributed by atoms with Crippen molar-refractivity contribution in [2.75, 3.05) is 0 Å². The van der Waals surface area contributed by atoms with Gasteiger partial charge >= 0.3 is 0 Å². The monoisotopic (exact) mass is 231 g/mol. The zero-order valence-electron chi connectivity index (χ0n) is 10.2. The molecule has 1 aromatic heterocycles. The Morgan fingerprint density at radius 1 is 1.47 bits per heavy atom. The van der Waals surface area contributed by atoms with Crippen LogP contribution in [0.15, 0.2) is 6.07 Å². The Labute approximate surface area is 101 Å². The van der Waals surface area contributed by atoms with Crippen LogP contribution in [-0.4, -0.2) is 17.1 Å². The van der Waals surface area contributed by atoms with Gasteiger partial charge in [0, 0.05) is 11.7 Å². The van der Waals surface area contributed by atoms with E-state index in [1.165, 1.54) is 0 Å². The van der Waals surface area contributed by atoms with Crippen LogP contribution in [0.25, 0.3) is 0 Å². The van der Waals surface area contributed by atoms with E-state index in [9.17, 15) is 0 Å². The number of hydrogen-bond donors (Lipinski definition) is 1. The summed E-state index contributed by atoms with van der Waals surface area (Å²) in [5, 5.41) is 9.13. The predicted molar refractivity (Wildman–Crippen MR) is 64.7 cm³/mol. The minimum atomic E-state index is -0.00389. The molecule has 0 radical (unpaired) electrons. The van der Waals surface area contributed by atoms with Gasteiger partial charge in [-0.05, 0) is 44.7 Å². The number of nitriles is 1. The van der Waals surface area contributed by atoms with Crippen LogP contribution in [0.4, 0.5) is 0 Å². The summed E-state index contributed by atoms with van der Waals surface area (Å²) < 4.78 is 5.81. The van der Waals surface area contributed by atoms with E-state index >= 15 is 0 Å². The highest BCUT2D eigenvalue weighted by atomic mass is 16.5. The highest BCUT2D eigenvalue weighted by Gasteiger charge is 2.27. The van der Waals surface area contributed by atoms with Crippen LogP contribution < -0.4 is 10.5 Å². The van der Waals surface area contributed by atoms with Crippen molar-refractivity contribution in [2.24, 2.45) is 5.73 Å². The maximum atomic E-state index is 9.13. The lowest BCUT2D eigenvalue weighted by Gasteiger charge is -2.18. The predicted octanol–water partition coefficient (Wildman–Crippen LogP) is 1.83. The fourth-order valence-electron chi connectivity index (χ4n) is 2.27. The fourth-order valence-corrected chi connectivity index (χ4v) is 2.27. The smallest absolute Gasteiger partial charge is 0.232 e. The van der Waals surface area contributed by atoms with Crippen molar-refractivity contribution < 1.29 is 4.74 Å². The lowest BCUT2D eigenvalue weighted by atomic mass is 10.1. The van der Waals surface area contributed by atoms with Gasteiger partial charge in [0.05, 0.1) is 0 Å². The summed E-state index contributed by atoms with van der Waals surface area (Å²) in [6, 6.07) is 4.10. The molecule has 2 unspecified atom stereocenters. The van der Waals surface area contributed by atoms with Gasteiger partial charge in [0.15, 0.2) is 0 Å². The second-order valence-corrected chi connectivity index (χ2v) is 4.62. The average molecular weight is 231 g/mol. The quantitative estimate of drug-likeness (QED) is 0.842. The number of pyridine rings is 1. The first-order valence-corrected chi connectivity index (χ1v) is 5.92. The molecule has 1 aliphatic rings. The van der Waals surface area contributed by atoms with Crippen LogP contribution >= 0.6 is 0 Å². The van der Waals surface area contributed by atoms with Crippen molar-refractivity contribution in [3.05, 3.63) is 22.9 Å². The number of rotatable bonds is 2. The first-order chi connectivity index (χ1) is 8.11. The van der Waals surface area contributed by atoms with Crippen LogP contribution in [0.5, 0.6) is 5.88 Å². The van der Waals surface area contributed by atoms with Gasteiger partial charge in [0.1, 0.15) is 17.7 Å². The second kappa shape index (κ2) is 4.72. The molecule has 1 fully saturated rings. The number of aryl methyl sites for hydroxylation is 2. The number of aromatic nitrogens is 1. The first kappa shape index (κ1) is 11.9. The van der Waals surface area contributed by atoms with E-state index in [1.54, 1.807) is 0 Å². The molecule has 1 heterocycles. The van der Waals surface area contributed by atoms with Crippen LogP contribution in [0.1, 0.15) is 36.1 Å². The lowest BCUT2D eigenvalue weighted by Crippen LogP contribution is -2.34. The van der Waals surface area contributed by atoms with Crippen molar-refractivity contribution in [3.8, 4) is 11.9 Å². The van der Waals surface area contributed by atoms with Gasteiger partial charge in [-0.15, -0.1) is 0 Å². The molecule has 4 nitrogen and oxygen atoms in total. The highest BCUT2D eigenvalue weighted by molar-refractivity contribution is 5.45. The summed E-state index contributed by atoms with van der Waals surface area (Å²) >= 11 is 0. The summed E-state index contributed by atoms with van der Waals surface area (Å²) in [6.07, 6.45) is 3.01. The topological polar surface area (TPSA) is 71.9 Å². The van der Waals surface area contributed by atoms with Crippen molar-refractivity contribution in [2.45, 2.75) is 45.3 Å². The van der Waals surface area contributed by atoms with Gasteiger partial charge in [-0.3, -0.25) is 0 Å². The molecule has 4 heteroatoms. The molecule has 2 N–H and O–H groups in total. The number of hydrogen-bond acceptors (Lipinski definition) is 4. The van der Waals surface area contributed by atoms with E-state index in [1.807, 2.05) is 19.9 Å². The third-order valence-corrected chi connectivity index (χ3v) is 3.19. The van der Waals surface area contributed by atoms with Crippen molar-refractivity contribution in [3.63, 3.8) is 0 Å². The summed E-state index contributed by atoms with van der Waals surface area (Å²) in [5.41, 5.74) is 8.25. The molecular formula is C13H17N3O. The Hall–Kier alpha value is -1.60. The van der Waals surface area contributed by atoms with Gasteiger partial charge in [-0.1, -0.05) is 0 Å². The maximum absolute atomic E-state index is 9.13. The van der Waals surface area contributed by atoms with E-state index in [4.69, 9.17) is 15.7 Å². The third kappa shape index (κ3) is 2.40. The lowest BCUT2D eigenvalue weighted by molar-refractivity contribution is 0.183. The molecule has 1 aromatic rings. The number of nitrogens with zero attached hydrogens (tertiary/aromatic N) is 2. The maximum Gasteiger partial charge on any atom is 0.232 e. The molecule has 1 saturated carbocycles. The van der Waals surface area contributed by atoms with Crippen LogP contribution in [0.2, 0.25) is 0 Å². The van der Waals surface area contributed by atoms with E-state index < -0.39 is 0 Å². The second-order valence-electron chi connectivity index (χ2n) is 4.62. The Kier molecular flexibility index (Phi) is 3.30. The summed E-state index contributed by atoms with van der Waals surface area (Å²) in [5.74, 6) is 0.437. The van der Waals surface area contributed by atoms with Gasteiger partial charge in [0.2, 0.25) is 5.88 Å². The fraction of sp³-hybridized carbons (Fsp3) is 0.538. The molecule has 0 aromatic carbocycles. The third-order valence-electron chi connectivity index (χ3n) is 3.19. The standard InChI is InChI=1S/C13H17N3O/c1-8-6-9(2)16-13(10(8)7-14)17-12-5-3-4-11(12)15/h6,11-12H,3-5,15H2,1-2H3. The molecule has 90 valence electrons. The van der Waals surface area contributed by atoms with Gasteiger partial charge in [0.25, 0.3) is 0 Å². The summed E-state index contributed by atoms with van der Waals surface area (Å²) in [6.45, 7) is 3.80. The largest absolute Gasteiger partial charge is 0.472 e. The summed E-state index contributed by atoms with van der Waals surface area (Å²) in [7, 11) is 0. The van der Waals surface area contributed by atoms with Crippen LogP contribution in [0, 0.1) is 25.2 Å². The molecular weight excluding hydrogens is 214 g/mol. The molecule has 2 rings (SSSR count). The van der Waals surface area contributed by atoms with Crippen molar-refractivity contribution >= 4 is 0 Å². The molecule has 0 amide bonds. The Morgan fingerprint density at radius 2 is 2.24 bits per heavy atom. The Balaban J connectivity index is 2.29. The highest BCUT2D eigenvalue weighted by Crippen LogP contribution is 2.26. The van der Waals surface area contributed by atoms with Crippen molar-refractivity contribution in [1.29, 1.82) is 5.26 Å². The molecule has 17 heavy (non-hydrogen) atoms. The molecule has 2 atom stereocenters. The van der Waals surface area contributed by atoms with E-state index in [0.717, 1.165) is 30.5 Å². The first-order valence-electron chi connectivity index (χ1n) is 5.92. The van der Waals surface area contributed by atoms with Gasteiger partial charge in [-0.25, -0.2) is 4.98 Å². The number of ether oxygens (including phenoxy) is 1. The zero-order valence-corrected chi connectivity index (χ0v) is 10.2. The van der Waals surface area contributed by atoms with E-state index in [0.29, 0.717) is 11.4 Å². The Morgan fingerprint density at radius 3 is 2.82 bits per heavy atom. The SMILES string of the molecule is Cc1cc(C)c(C#N)c(OC2CCCC2N)n1. The molecule has 0 saturated heterocycles. The van der Waals surface area contributed by atoms with Crippen LogP contribution in [0.3, 0.4) is 0 Å². The van der Waals surface area contributed by atoms with Gasteiger partial charge in [-0.2, -0.15) is 5.26 Å². The van der Waals surface area contributed by atoms with Gasteiger partial charge < -0.3 is 10.5 Å². The molecule has 0 bridgehead atoms. The van der Waals surface area contributed by atoms with Crippen LogP contribution in [-0.2, 0) is 0 Å². The minimum absolute atomic E-state index is 0.00389. The van der Waals surface area contributed by atoms with E-state index in [-0.39, 0.29) is 12.1 Å². The molecule has 1 aliphatic carbocycles. The molecule has 0 spiro atoms. The van der Waals surface area contributed by atoms with E-state index in [2.05, 4.69) is 11.1 Å². The normalized spacial score (nSPS) is 23.4. The zero-order chi connectivity index (χ0) is 12.4. The molecule has 0 aliphatic heterocycles. The summed E-state index contributed by atoms with van der Waals surface area (Å²) in [4.78, 5) is 4.30. The minimum Gasteiger partial charge on any atom is -0.472 e. The average Bonchev–Trinajstić information content (AvgIpc) is 2.64. The Bertz CT molecular complexity index is 464. The number of nitrogens with two attached hydrogens (primary N) is 1. The van der Waals surface area contributed by atoms with Crippen molar-refractivity contribution in [1.82, 2.24) is 4.98 Å².